The Morgan fingerprint density at radius 1 is 1.13 bits per heavy atom. The third-order valence-corrected chi connectivity index (χ3v) is 4.63. The molecule has 0 aromatic rings. The summed E-state index contributed by atoms with van der Waals surface area (Å²) in [4.78, 5) is 0. The number of rotatable bonds is 3. The minimum Gasteiger partial charge on any atom is -0.373 e. The maximum Gasteiger partial charge on any atom is 0.0691 e. The quantitative estimate of drug-likeness (QED) is 0.774. The van der Waals surface area contributed by atoms with E-state index in [1.165, 1.54) is 38.5 Å². The second-order valence-corrected chi connectivity index (χ2v) is 6.39. The largest absolute Gasteiger partial charge is 0.373 e. The molecule has 15 heavy (non-hydrogen) atoms. The molecule has 4 fully saturated rings. The Hall–Kier alpha value is -0.0800. The van der Waals surface area contributed by atoms with E-state index < -0.39 is 0 Å². The molecule has 1 atom stereocenters. The standard InChI is InChI=1S/C13H23NO/c1-9(14)8-15-13-5-10-2-11(6-13)4-12(3-10)7-13/h9-12H,2-8,14H2,1H3/t9-,10?,11?,12?,13?/m1/s1. The molecule has 0 spiro atoms. The second kappa shape index (κ2) is 3.46. The Bertz CT molecular complexity index is 214. The number of hydrogen-bond donors (Lipinski definition) is 1. The Morgan fingerprint density at radius 3 is 2.00 bits per heavy atom. The van der Waals surface area contributed by atoms with Crippen molar-refractivity contribution in [3.8, 4) is 0 Å². The molecule has 0 radical (unpaired) electrons. The van der Waals surface area contributed by atoms with Crippen molar-refractivity contribution in [3.05, 3.63) is 0 Å². The van der Waals surface area contributed by atoms with Crippen molar-refractivity contribution >= 4 is 0 Å². The summed E-state index contributed by atoms with van der Waals surface area (Å²) in [6.45, 7) is 2.80. The zero-order valence-corrected chi connectivity index (χ0v) is 9.74. The zero-order valence-electron chi connectivity index (χ0n) is 9.74. The van der Waals surface area contributed by atoms with Crippen LogP contribution < -0.4 is 5.73 Å². The Balaban J connectivity index is 1.70. The average Bonchev–Trinajstić information content (AvgIpc) is 2.12. The molecule has 0 aromatic carbocycles. The van der Waals surface area contributed by atoms with Gasteiger partial charge in [0.2, 0.25) is 0 Å². The van der Waals surface area contributed by atoms with Gasteiger partial charge in [0, 0.05) is 6.04 Å². The molecule has 2 heteroatoms. The van der Waals surface area contributed by atoms with E-state index in [1.807, 2.05) is 6.92 Å². The molecule has 0 aromatic heterocycles. The first-order chi connectivity index (χ1) is 7.15. The van der Waals surface area contributed by atoms with Gasteiger partial charge in [-0.3, -0.25) is 0 Å². The highest BCUT2D eigenvalue weighted by Gasteiger charge is 2.51. The van der Waals surface area contributed by atoms with Crippen molar-refractivity contribution in [2.75, 3.05) is 6.61 Å². The summed E-state index contributed by atoms with van der Waals surface area (Å²) in [5.41, 5.74) is 6.05. The van der Waals surface area contributed by atoms with Gasteiger partial charge in [-0.2, -0.15) is 0 Å². The first-order valence-electron chi connectivity index (χ1n) is 6.55. The Kier molecular flexibility index (Phi) is 2.33. The molecule has 0 heterocycles. The fourth-order valence-corrected chi connectivity index (χ4v) is 4.52. The zero-order chi connectivity index (χ0) is 10.5. The van der Waals surface area contributed by atoms with Gasteiger partial charge in [-0.15, -0.1) is 0 Å². The van der Waals surface area contributed by atoms with Crippen molar-refractivity contribution in [1.29, 1.82) is 0 Å². The molecule has 0 unspecified atom stereocenters. The second-order valence-electron chi connectivity index (χ2n) is 6.39. The molecule has 4 rings (SSSR count). The van der Waals surface area contributed by atoms with Crippen LogP contribution in [0.5, 0.6) is 0 Å². The maximum absolute atomic E-state index is 6.18. The SMILES string of the molecule is C[C@@H](N)COC12CC3CC(CC(C3)C1)C2. The fraction of sp³-hybridized carbons (Fsp3) is 1.00. The van der Waals surface area contributed by atoms with Crippen LogP contribution in [0.2, 0.25) is 0 Å². The first-order valence-corrected chi connectivity index (χ1v) is 6.55. The van der Waals surface area contributed by atoms with E-state index in [4.69, 9.17) is 10.5 Å². The molecule has 4 saturated carbocycles. The number of hydrogen-bond acceptors (Lipinski definition) is 2. The van der Waals surface area contributed by atoms with E-state index in [2.05, 4.69) is 0 Å². The van der Waals surface area contributed by atoms with E-state index >= 15 is 0 Å². The van der Waals surface area contributed by atoms with Crippen LogP contribution in [0.3, 0.4) is 0 Å². The molecule has 4 bridgehead atoms. The molecule has 0 amide bonds. The third-order valence-electron chi connectivity index (χ3n) is 4.63. The summed E-state index contributed by atoms with van der Waals surface area (Å²) in [5.74, 6) is 2.93. The summed E-state index contributed by atoms with van der Waals surface area (Å²) in [7, 11) is 0. The minimum absolute atomic E-state index is 0.193. The van der Waals surface area contributed by atoms with Crippen LogP contribution in [0.25, 0.3) is 0 Å². The summed E-state index contributed by atoms with van der Waals surface area (Å²) in [6.07, 6.45) is 8.44. The van der Waals surface area contributed by atoms with Gasteiger partial charge >= 0.3 is 0 Å². The van der Waals surface area contributed by atoms with Crippen LogP contribution in [0.15, 0.2) is 0 Å². The average molecular weight is 209 g/mol. The Labute approximate surface area is 92.6 Å². The minimum atomic E-state index is 0.193. The van der Waals surface area contributed by atoms with Crippen LogP contribution >= 0.6 is 0 Å². The lowest BCUT2D eigenvalue weighted by Gasteiger charge is -2.56. The van der Waals surface area contributed by atoms with Crippen LogP contribution in [0.4, 0.5) is 0 Å². The lowest BCUT2D eigenvalue weighted by molar-refractivity contribution is -0.163. The highest BCUT2D eigenvalue weighted by atomic mass is 16.5. The van der Waals surface area contributed by atoms with Crippen LogP contribution in [0.1, 0.15) is 45.4 Å². The van der Waals surface area contributed by atoms with E-state index in [0.717, 1.165) is 24.4 Å². The van der Waals surface area contributed by atoms with Gasteiger partial charge in [-0.1, -0.05) is 0 Å². The lowest BCUT2D eigenvalue weighted by Crippen LogP contribution is -2.52. The van der Waals surface area contributed by atoms with Crippen LogP contribution in [0, 0.1) is 17.8 Å². The van der Waals surface area contributed by atoms with Crippen molar-refractivity contribution in [1.82, 2.24) is 0 Å². The molecule has 4 aliphatic carbocycles. The van der Waals surface area contributed by atoms with Gasteiger partial charge in [-0.05, 0) is 63.2 Å². The highest BCUT2D eigenvalue weighted by molar-refractivity contribution is 5.03. The molecule has 4 aliphatic rings. The summed E-state index contributed by atoms with van der Waals surface area (Å²) in [5, 5.41) is 0. The van der Waals surface area contributed by atoms with Crippen molar-refractivity contribution < 1.29 is 4.74 Å². The van der Waals surface area contributed by atoms with Crippen molar-refractivity contribution in [3.63, 3.8) is 0 Å². The molecule has 2 nitrogen and oxygen atoms in total. The predicted octanol–water partition coefficient (Wildman–Crippen LogP) is 2.32. The Morgan fingerprint density at radius 2 is 1.60 bits per heavy atom. The van der Waals surface area contributed by atoms with Gasteiger partial charge in [-0.25, -0.2) is 0 Å². The molecular formula is C13H23NO. The predicted molar refractivity (Wildman–Crippen MR) is 60.5 cm³/mol. The van der Waals surface area contributed by atoms with Crippen LogP contribution in [-0.2, 0) is 4.74 Å². The fourth-order valence-electron chi connectivity index (χ4n) is 4.52. The van der Waals surface area contributed by atoms with E-state index in [0.29, 0.717) is 0 Å². The monoisotopic (exact) mass is 209 g/mol. The molecular weight excluding hydrogens is 186 g/mol. The topological polar surface area (TPSA) is 35.2 Å². The highest BCUT2D eigenvalue weighted by Crippen LogP contribution is 2.57. The molecule has 2 N–H and O–H groups in total. The number of nitrogens with two attached hydrogens (primary N) is 1. The molecule has 0 saturated heterocycles. The summed E-state index contributed by atoms with van der Waals surface area (Å²) in [6, 6.07) is 0.193. The maximum atomic E-state index is 6.18. The van der Waals surface area contributed by atoms with Gasteiger partial charge in [0.15, 0.2) is 0 Å². The molecule has 0 aliphatic heterocycles. The lowest BCUT2D eigenvalue weighted by atomic mass is 9.54. The van der Waals surface area contributed by atoms with Crippen LogP contribution in [-0.4, -0.2) is 18.2 Å². The van der Waals surface area contributed by atoms with E-state index in [1.54, 1.807) is 0 Å². The first kappa shape index (κ1) is 10.1. The van der Waals surface area contributed by atoms with Gasteiger partial charge in [0.25, 0.3) is 0 Å². The summed E-state index contributed by atoms with van der Waals surface area (Å²) < 4.78 is 6.18. The van der Waals surface area contributed by atoms with E-state index in [-0.39, 0.29) is 11.6 Å². The molecule has 86 valence electrons. The van der Waals surface area contributed by atoms with Gasteiger partial charge in [0.05, 0.1) is 12.2 Å². The van der Waals surface area contributed by atoms with Gasteiger partial charge in [0.1, 0.15) is 0 Å². The third kappa shape index (κ3) is 1.83. The van der Waals surface area contributed by atoms with E-state index in [9.17, 15) is 0 Å². The van der Waals surface area contributed by atoms with Crippen molar-refractivity contribution in [2.45, 2.75) is 57.1 Å². The van der Waals surface area contributed by atoms with Gasteiger partial charge < -0.3 is 10.5 Å². The summed E-state index contributed by atoms with van der Waals surface area (Å²) >= 11 is 0. The normalized spacial score (nSPS) is 49.6. The van der Waals surface area contributed by atoms with Crippen molar-refractivity contribution in [2.24, 2.45) is 23.5 Å². The number of ether oxygens (including phenoxy) is 1. The smallest absolute Gasteiger partial charge is 0.0691 e.